The minimum absolute atomic E-state index is 0.293. The Balaban J connectivity index is 2.08. The Morgan fingerprint density at radius 2 is 2.20 bits per heavy atom. The van der Waals surface area contributed by atoms with Gasteiger partial charge < -0.3 is 5.32 Å². The van der Waals surface area contributed by atoms with Gasteiger partial charge in [-0.2, -0.15) is 5.26 Å². The molecule has 1 fully saturated rings. The van der Waals surface area contributed by atoms with Gasteiger partial charge in [-0.15, -0.1) is 0 Å². The van der Waals surface area contributed by atoms with Gasteiger partial charge in [-0.1, -0.05) is 12.8 Å². The lowest BCUT2D eigenvalue weighted by atomic mass is 10.0. The van der Waals surface area contributed by atoms with Crippen LogP contribution in [0.15, 0.2) is 12.4 Å². The summed E-state index contributed by atoms with van der Waals surface area (Å²) in [7, 11) is 0. The van der Waals surface area contributed by atoms with Gasteiger partial charge in [0.1, 0.15) is 18.7 Å². The van der Waals surface area contributed by atoms with E-state index in [4.69, 9.17) is 5.26 Å². The number of anilines is 1. The van der Waals surface area contributed by atoms with Gasteiger partial charge in [-0.25, -0.2) is 9.97 Å². The standard InChI is InChI=1S/C11H14N4/c12-5-6-13-11-7-10(14-8-15-11)9-3-1-2-4-9/h7-9H,1-4,6H2,(H,13,14,15). The normalized spacial score (nSPS) is 16.2. The number of nitriles is 1. The van der Waals surface area contributed by atoms with Crippen molar-refractivity contribution in [1.82, 2.24) is 9.97 Å². The predicted molar refractivity (Wildman–Crippen MR) is 57.3 cm³/mol. The lowest BCUT2D eigenvalue weighted by molar-refractivity contribution is 0.694. The zero-order valence-corrected chi connectivity index (χ0v) is 8.61. The van der Waals surface area contributed by atoms with E-state index in [1.54, 1.807) is 6.33 Å². The Labute approximate surface area is 89.4 Å². The van der Waals surface area contributed by atoms with Gasteiger partial charge in [0.2, 0.25) is 0 Å². The number of hydrogen-bond donors (Lipinski definition) is 1. The molecule has 1 aliphatic carbocycles. The summed E-state index contributed by atoms with van der Waals surface area (Å²) in [4.78, 5) is 8.37. The average molecular weight is 202 g/mol. The Hall–Kier alpha value is -1.63. The molecule has 0 saturated heterocycles. The molecule has 1 N–H and O–H groups in total. The van der Waals surface area contributed by atoms with Gasteiger partial charge in [0.05, 0.1) is 6.07 Å². The molecule has 78 valence electrons. The molecule has 2 rings (SSSR count). The van der Waals surface area contributed by atoms with Crippen LogP contribution < -0.4 is 5.32 Å². The molecule has 0 bridgehead atoms. The van der Waals surface area contributed by atoms with Crippen molar-refractivity contribution in [3.05, 3.63) is 18.1 Å². The first kappa shape index (κ1) is 9.91. The first-order chi connectivity index (χ1) is 7.40. The third-order valence-electron chi connectivity index (χ3n) is 2.81. The molecule has 1 aromatic rings. The Morgan fingerprint density at radius 1 is 1.40 bits per heavy atom. The van der Waals surface area contributed by atoms with Crippen LogP contribution in [0.25, 0.3) is 0 Å². The van der Waals surface area contributed by atoms with Crippen molar-refractivity contribution in [3.8, 4) is 6.07 Å². The Bertz CT molecular complexity index is 363. The highest BCUT2D eigenvalue weighted by molar-refractivity contribution is 5.36. The second-order valence-corrected chi connectivity index (χ2v) is 3.82. The van der Waals surface area contributed by atoms with Crippen LogP contribution in [-0.2, 0) is 0 Å². The van der Waals surface area contributed by atoms with Crippen molar-refractivity contribution in [2.45, 2.75) is 31.6 Å². The highest BCUT2D eigenvalue weighted by Crippen LogP contribution is 2.33. The van der Waals surface area contributed by atoms with Crippen LogP contribution in [0.4, 0.5) is 5.82 Å². The molecule has 0 aromatic carbocycles. The summed E-state index contributed by atoms with van der Waals surface area (Å²) in [5.74, 6) is 1.35. The fourth-order valence-electron chi connectivity index (χ4n) is 2.04. The predicted octanol–water partition coefficient (Wildman–Crippen LogP) is 2.07. The summed E-state index contributed by atoms with van der Waals surface area (Å²) in [5.41, 5.74) is 1.11. The van der Waals surface area contributed by atoms with Crippen LogP contribution in [0.2, 0.25) is 0 Å². The molecular weight excluding hydrogens is 188 g/mol. The summed E-state index contributed by atoms with van der Waals surface area (Å²) < 4.78 is 0. The first-order valence-corrected chi connectivity index (χ1v) is 5.33. The van der Waals surface area contributed by atoms with Crippen LogP contribution >= 0.6 is 0 Å². The zero-order valence-electron chi connectivity index (χ0n) is 8.61. The molecule has 0 radical (unpaired) electrons. The number of nitrogens with one attached hydrogen (secondary N) is 1. The van der Waals surface area contributed by atoms with Crippen LogP contribution in [0.1, 0.15) is 37.3 Å². The van der Waals surface area contributed by atoms with Crippen molar-refractivity contribution in [2.75, 3.05) is 11.9 Å². The van der Waals surface area contributed by atoms with Gasteiger partial charge in [0, 0.05) is 17.7 Å². The van der Waals surface area contributed by atoms with E-state index in [2.05, 4.69) is 15.3 Å². The van der Waals surface area contributed by atoms with Crippen LogP contribution in [0, 0.1) is 11.3 Å². The molecule has 1 aliphatic rings. The first-order valence-electron chi connectivity index (χ1n) is 5.33. The Kier molecular flexibility index (Phi) is 3.13. The van der Waals surface area contributed by atoms with E-state index in [-0.39, 0.29) is 0 Å². The van der Waals surface area contributed by atoms with Crippen molar-refractivity contribution in [2.24, 2.45) is 0 Å². The molecule has 0 amide bonds. The molecule has 1 saturated carbocycles. The molecule has 0 aliphatic heterocycles. The summed E-state index contributed by atoms with van der Waals surface area (Å²) >= 11 is 0. The third kappa shape index (κ3) is 2.44. The summed E-state index contributed by atoms with van der Waals surface area (Å²) in [6.45, 7) is 0.293. The fraction of sp³-hybridized carbons (Fsp3) is 0.545. The van der Waals surface area contributed by atoms with Gasteiger partial charge in [0.25, 0.3) is 0 Å². The molecule has 4 heteroatoms. The quantitative estimate of drug-likeness (QED) is 0.762. The smallest absolute Gasteiger partial charge is 0.130 e. The molecule has 1 heterocycles. The van der Waals surface area contributed by atoms with E-state index in [1.165, 1.54) is 25.7 Å². The maximum Gasteiger partial charge on any atom is 0.130 e. The third-order valence-corrected chi connectivity index (χ3v) is 2.81. The maximum absolute atomic E-state index is 8.45. The van der Waals surface area contributed by atoms with Crippen LogP contribution in [-0.4, -0.2) is 16.5 Å². The molecule has 15 heavy (non-hydrogen) atoms. The number of nitrogens with zero attached hydrogens (tertiary/aromatic N) is 3. The van der Waals surface area contributed by atoms with Crippen LogP contribution in [0.5, 0.6) is 0 Å². The average Bonchev–Trinajstić information content (AvgIpc) is 2.80. The topological polar surface area (TPSA) is 61.6 Å². The van der Waals surface area contributed by atoms with Gasteiger partial charge in [-0.3, -0.25) is 0 Å². The molecule has 0 spiro atoms. The molecule has 4 nitrogen and oxygen atoms in total. The van der Waals surface area contributed by atoms with Crippen molar-refractivity contribution in [1.29, 1.82) is 5.26 Å². The molecule has 0 unspecified atom stereocenters. The van der Waals surface area contributed by atoms with Gasteiger partial charge in [0.15, 0.2) is 0 Å². The zero-order chi connectivity index (χ0) is 10.5. The number of rotatable bonds is 3. The van der Waals surface area contributed by atoms with E-state index in [1.807, 2.05) is 12.1 Å². The summed E-state index contributed by atoms with van der Waals surface area (Å²) in [5, 5.41) is 11.4. The lowest BCUT2D eigenvalue weighted by Gasteiger charge is -2.09. The minimum Gasteiger partial charge on any atom is -0.357 e. The number of hydrogen-bond acceptors (Lipinski definition) is 4. The SMILES string of the molecule is N#CCNc1cc(C2CCCC2)ncn1. The lowest BCUT2D eigenvalue weighted by Crippen LogP contribution is -2.04. The monoisotopic (exact) mass is 202 g/mol. The van der Waals surface area contributed by atoms with Gasteiger partial charge >= 0.3 is 0 Å². The maximum atomic E-state index is 8.45. The number of aromatic nitrogens is 2. The van der Waals surface area contributed by atoms with Crippen molar-refractivity contribution >= 4 is 5.82 Å². The second-order valence-electron chi connectivity index (χ2n) is 3.82. The molecule has 0 atom stereocenters. The minimum atomic E-state index is 0.293. The molecular formula is C11H14N4. The Morgan fingerprint density at radius 3 is 2.93 bits per heavy atom. The van der Waals surface area contributed by atoms with Crippen molar-refractivity contribution in [3.63, 3.8) is 0 Å². The van der Waals surface area contributed by atoms with E-state index < -0.39 is 0 Å². The van der Waals surface area contributed by atoms with E-state index in [0.717, 1.165) is 11.5 Å². The second kappa shape index (κ2) is 4.74. The summed E-state index contributed by atoms with van der Waals surface area (Å²) in [6, 6.07) is 4.00. The van der Waals surface area contributed by atoms with E-state index in [0.29, 0.717) is 12.5 Å². The van der Waals surface area contributed by atoms with E-state index >= 15 is 0 Å². The van der Waals surface area contributed by atoms with E-state index in [9.17, 15) is 0 Å². The van der Waals surface area contributed by atoms with Crippen LogP contribution in [0.3, 0.4) is 0 Å². The van der Waals surface area contributed by atoms with Crippen molar-refractivity contribution < 1.29 is 0 Å². The highest BCUT2D eigenvalue weighted by Gasteiger charge is 2.18. The fourth-order valence-corrected chi connectivity index (χ4v) is 2.04. The largest absolute Gasteiger partial charge is 0.357 e. The highest BCUT2D eigenvalue weighted by atomic mass is 15.0. The summed E-state index contributed by atoms with van der Waals surface area (Å²) in [6.07, 6.45) is 6.64. The molecule has 1 aromatic heterocycles. The van der Waals surface area contributed by atoms with Gasteiger partial charge in [-0.05, 0) is 12.8 Å².